The van der Waals surface area contributed by atoms with Crippen molar-refractivity contribution in [3.63, 3.8) is 0 Å². The van der Waals surface area contributed by atoms with Gasteiger partial charge >= 0.3 is 40.0 Å². The Morgan fingerprint density at radius 1 is 0.895 bits per heavy atom. The molecule has 212 valence electrons. The van der Waals surface area contributed by atoms with Crippen LogP contribution in [0.15, 0.2) is 30.3 Å². The van der Waals surface area contributed by atoms with Gasteiger partial charge in [0.05, 0.1) is 19.8 Å². The van der Waals surface area contributed by atoms with E-state index in [1.165, 1.54) is 0 Å². The van der Waals surface area contributed by atoms with E-state index in [4.69, 9.17) is 18.4 Å². The van der Waals surface area contributed by atoms with Crippen LogP contribution in [-0.4, -0.2) is 149 Å². The third-order valence-corrected chi connectivity index (χ3v) is 6.65. The average Bonchev–Trinajstić information content (AvgIpc) is 2.86. The van der Waals surface area contributed by atoms with E-state index in [-0.39, 0.29) is 36.2 Å². The number of ether oxygens (including phenoxy) is 3. The first kappa shape index (κ1) is 33.4. The zero-order valence-corrected chi connectivity index (χ0v) is 20.5. The number of amides is 1. The van der Waals surface area contributed by atoms with Gasteiger partial charge < -0.3 is 50.2 Å². The second-order valence-electron chi connectivity index (χ2n) is 8.50. The van der Waals surface area contributed by atoms with E-state index < -0.39 is 90.9 Å². The molecule has 2 aliphatic rings. The van der Waals surface area contributed by atoms with Gasteiger partial charge in [-0.05, 0) is 5.56 Å². The Bertz CT molecular complexity index is 985. The molecule has 3 rings (SSSR count). The van der Waals surface area contributed by atoms with Crippen LogP contribution in [0.3, 0.4) is 0 Å². The van der Waals surface area contributed by atoms with Crippen molar-refractivity contribution in [2.24, 2.45) is 0 Å². The summed E-state index contributed by atoms with van der Waals surface area (Å²) in [6.45, 7) is -0.532. The van der Waals surface area contributed by atoms with Gasteiger partial charge in [0, 0.05) is 6.92 Å². The summed E-state index contributed by atoms with van der Waals surface area (Å²) in [5.74, 6) is -0.609. The maximum atomic E-state index is 12.6. The first-order valence-electron chi connectivity index (χ1n) is 11.3. The zero-order chi connectivity index (χ0) is 27.3. The molecule has 38 heavy (non-hydrogen) atoms. The van der Waals surface area contributed by atoms with Crippen LogP contribution >= 0.6 is 0 Å². The van der Waals surface area contributed by atoms with Crippen molar-refractivity contribution in [1.29, 1.82) is 0 Å². The van der Waals surface area contributed by atoms with Crippen molar-refractivity contribution in [2.75, 3.05) is 13.2 Å². The standard InChI is InChI=1S/C21H31NO14S.Na.H/c1-10(25)22-14-16(27)19(13(8-24)34-20(14)32-9-11-5-3-2-4-6-11)35-37(30,31)36-21-18(29)17(28)15(26)12(7-23)33-21;;/h2-6,12-21,23-24,26-29H,7-9H2,1H3,(H,22,25);;/t12-,13-,14+,15+,16-,17+,18-,19-,20+,21+;;/m1../s1. The SMILES string of the molecule is CC(=O)N[C@@H]1[C@@H](OCc2ccccc2)O[C@H](CO)[C@@H](OS(=O)(=O)O[C@@H]2O[C@H](CO)[C@H](O)[C@H](O)[C@H]2O)[C@@H]1O.[NaH]. The fourth-order valence-corrected chi connectivity index (χ4v) is 4.84. The predicted octanol–water partition coefficient (Wildman–Crippen LogP) is -4.42. The molecule has 0 spiro atoms. The topological polar surface area (TPSA) is 231 Å². The first-order chi connectivity index (χ1) is 17.5. The number of benzene rings is 1. The van der Waals surface area contributed by atoms with E-state index in [0.29, 0.717) is 0 Å². The number of hydrogen-bond donors (Lipinski definition) is 7. The minimum atomic E-state index is -5.15. The summed E-state index contributed by atoms with van der Waals surface area (Å²) in [6, 6.07) is 7.50. The molecule has 1 aromatic carbocycles. The van der Waals surface area contributed by atoms with Gasteiger partial charge in [0.15, 0.2) is 6.29 Å². The van der Waals surface area contributed by atoms with E-state index in [9.17, 15) is 43.9 Å². The number of aliphatic hydroxyl groups excluding tert-OH is 6. The second-order valence-corrected chi connectivity index (χ2v) is 9.70. The van der Waals surface area contributed by atoms with Gasteiger partial charge in [0.1, 0.15) is 48.8 Å². The number of rotatable bonds is 10. The Labute approximate surface area is 240 Å². The summed E-state index contributed by atoms with van der Waals surface area (Å²) in [5, 5.41) is 62.0. The number of carbonyl (C=O) groups excluding carboxylic acids is 1. The van der Waals surface area contributed by atoms with Crippen LogP contribution in [0.2, 0.25) is 0 Å². The van der Waals surface area contributed by atoms with E-state index in [2.05, 4.69) is 9.50 Å². The van der Waals surface area contributed by atoms with Crippen molar-refractivity contribution >= 4 is 45.9 Å². The molecule has 15 nitrogen and oxygen atoms in total. The summed E-state index contributed by atoms with van der Waals surface area (Å²) in [7, 11) is -5.15. The van der Waals surface area contributed by atoms with Crippen molar-refractivity contribution in [3.8, 4) is 0 Å². The molecule has 0 radical (unpaired) electrons. The van der Waals surface area contributed by atoms with Gasteiger partial charge in [0.2, 0.25) is 12.2 Å². The summed E-state index contributed by atoms with van der Waals surface area (Å²) in [4.78, 5) is 11.8. The maximum absolute atomic E-state index is 12.6. The molecule has 17 heteroatoms. The van der Waals surface area contributed by atoms with Crippen molar-refractivity contribution in [3.05, 3.63) is 35.9 Å². The number of nitrogens with one attached hydrogen (secondary N) is 1. The van der Waals surface area contributed by atoms with Gasteiger partial charge in [0.25, 0.3) is 0 Å². The molecule has 2 saturated heterocycles. The molecule has 1 aromatic rings. The molecular weight excluding hydrogens is 545 g/mol. The Balaban J connectivity index is 0.00000507. The fraction of sp³-hybridized carbons (Fsp3) is 0.667. The van der Waals surface area contributed by atoms with E-state index >= 15 is 0 Å². The zero-order valence-electron chi connectivity index (χ0n) is 19.6. The van der Waals surface area contributed by atoms with Gasteiger partial charge in [-0.2, -0.15) is 8.42 Å². The normalized spacial score (nSPS) is 35.8. The van der Waals surface area contributed by atoms with Crippen LogP contribution in [0.25, 0.3) is 0 Å². The van der Waals surface area contributed by atoms with Crippen LogP contribution < -0.4 is 5.32 Å². The first-order valence-corrected chi connectivity index (χ1v) is 12.6. The van der Waals surface area contributed by atoms with Gasteiger partial charge in [-0.15, -0.1) is 0 Å². The molecule has 2 heterocycles. The quantitative estimate of drug-likeness (QED) is 0.130. The summed E-state index contributed by atoms with van der Waals surface area (Å²) >= 11 is 0. The molecule has 2 fully saturated rings. The molecule has 0 saturated carbocycles. The summed E-state index contributed by atoms with van der Waals surface area (Å²) in [6.07, 6.45) is -15.7. The Kier molecular flexibility index (Phi) is 12.9. The van der Waals surface area contributed by atoms with Crippen molar-refractivity contribution in [1.82, 2.24) is 5.32 Å². The molecular formula is C21H32NNaO14S. The van der Waals surface area contributed by atoms with E-state index in [1.54, 1.807) is 30.3 Å². The molecule has 1 amide bonds. The third kappa shape index (κ3) is 8.35. The van der Waals surface area contributed by atoms with Gasteiger partial charge in [-0.3, -0.25) is 4.79 Å². The van der Waals surface area contributed by atoms with Crippen LogP contribution in [0.4, 0.5) is 0 Å². The molecule has 2 aliphatic heterocycles. The van der Waals surface area contributed by atoms with E-state index in [1.807, 2.05) is 0 Å². The summed E-state index contributed by atoms with van der Waals surface area (Å²) < 4.78 is 51.1. The molecule has 10 atom stereocenters. The van der Waals surface area contributed by atoms with E-state index in [0.717, 1.165) is 12.5 Å². The van der Waals surface area contributed by atoms with Crippen LogP contribution in [0.1, 0.15) is 12.5 Å². The minimum absolute atomic E-state index is 0. The number of aliphatic hydroxyl groups is 6. The monoisotopic (exact) mass is 577 g/mol. The summed E-state index contributed by atoms with van der Waals surface area (Å²) in [5.41, 5.74) is 0.733. The molecule has 0 bridgehead atoms. The van der Waals surface area contributed by atoms with Gasteiger partial charge in [-0.25, -0.2) is 8.37 Å². The van der Waals surface area contributed by atoms with Gasteiger partial charge in [-0.1, -0.05) is 30.3 Å². The number of carbonyl (C=O) groups is 1. The molecule has 7 N–H and O–H groups in total. The van der Waals surface area contributed by atoms with Crippen LogP contribution in [0.5, 0.6) is 0 Å². The Hall–Kier alpha value is -0.800. The molecule has 0 unspecified atom stereocenters. The predicted molar refractivity (Wildman–Crippen MR) is 126 cm³/mol. The molecule has 0 aliphatic carbocycles. The number of hydrogen-bond acceptors (Lipinski definition) is 14. The van der Waals surface area contributed by atoms with Crippen LogP contribution in [-0.2, 0) is 44.4 Å². The van der Waals surface area contributed by atoms with Crippen LogP contribution in [0, 0.1) is 0 Å². The average molecular weight is 578 g/mol. The third-order valence-electron chi connectivity index (χ3n) is 5.77. The molecule has 0 aromatic heterocycles. The fourth-order valence-electron chi connectivity index (χ4n) is 3.89. The van der Waals surface area contributed by atoms with Crippen molar-refractivity contribution in [2.45, 2.75) is 74.9 Å². The van der Waals surface area contributed by atoms with Crippen molar-refractivity contribution < 1.29 is 66.4 Å². The second kappa shape index (κ2) is 14.7. The Morgan fingerprint density at radius 2 is 1.50 bits per heavy atom. The Morgan fingerprint density at radius 3 is 2.08 bits per heavy atom.